The van der Waals surface area contributed by atoms with Crippen molar-refractivity contribution in [3.05, 3.63) is 54.1 Å². The fourth-order valence-electron chi connectivity index (χ4n) is 5.28. The van der Waals surface area contributed by atoms with E-state index in [0.717, 1.165) is 18.4 Å². The fraction of sp³-hybridized carbons (Fsp3) is 0.611. The van der Waals surface area contributed by atoms with E-state index in [9.17, 15) is 18.0 Å². The molecule has 7 nitrogen and oxygen atoms in total. The van der Waals surface area contributed by atoms with Gasteiger partial charge in [0.05, 0.1) is 4.90 Å². The molecule has 0 saturated carbocycles. The standard InChI is InChI=1S/C36H57N3O4S/c1-3-4-5-6-7-8-9-10-11-12-13-14-15-16-17-18-19-20-21-22-35(40)37-32-25-27-33(28-26-32)38-36(41)39-44(42,43)34-29-23-31(2)24-30-34/h23-30H,3-22H2,1-2H3,(H,37,40)(H2,38,39,41). The SMILES string of the molecule is CCCCCCCCCCCCCCCCCCCCCC(=O)Nc1ccc(NC(=O)NS(=O)(=O)c2ccc(C)cc2)cc1. The second-order valence-corrected chi connectivity index (χ2v) is 13.8. The third kappa shape index (κ3) is 17.4. The van der Waals surface area contributed by atoms with Crippen LogP contribution in [0.5, 0.6) is 0 Å². The Balaban J connectivity index is 1.44. The smallest absolute Gasteiger partial charge is 0.326 e. The van der Waals surface area contributed by atoms with E-state index in [0.29, 0.717) is 17.8 Å². The number of anilines is 2. The molecule has 0 unspecified atom stereocenters. The minimum absolute atomic E-state index is 0.0151. The van der Waals surface area contributed by atoms with Gasteiger partial charge in [-0.05, 0) is 49.7 Å². The van der Waals surface area contributed by atoms with Crippen LogP contribution in [0.4, 0.5) is 16.2 Å². The summed E-state index contributed by atoms with van der Waals surface area (Å²) in [6.45, 7) is 4.13. The van der Waals surface area contributed by atoms with Gasteiger partial charge in [0.15, 0.2) is 0 Å². The van der Waals surface area contributed by atoms with Crippen LogP contribution in [0.2, 0.25) is 0 Å². The summed E-state index contributed by atoms with van der Waals surface area (Å²) in [5.41, 5.74) is 1.97. The molecule has 0 spiro atoms. The Kier molecular flexibility index (Phi) is 19.2. The van der Waals surface area contributed by atoms with Gasteiger partial charge in [-0.2, -0.15) is 0 Å². The lowest BCUT2D eigenvalue weighted by molar-refractivity contribution is -0.116. The van der Waals surface area contributed by atoms with Crippen molar-refractivity contribution in [1.29, 1.82) is 0 Å². The topological polar surface area (TPSA) is 104 Å². The second kappa shape index (κ2) is 22.6. The Bertz CT molecular complexity index is 1160. The first-order valence-electron chi connectivity index (χ1n) is 17.1. The first-order chi connectivity index (χ1) is 21.3. The molecule has 0 heterocycles. The number of unbranched alkanes of at least 4 members (excludes halogenated alkanes) is 18. The lowest BCUT2D eigenvalue weighted by atomic mass is 10.0. The van der Waals surface area contributed by atoms with Crippen LogP contribution in [-0.4, -0.2) is 20.4 Å². The summed E-state index contributed by atoms with van der Waals surface area (Å²) in [4.78, 5) is 24.5. The number of nitrogens with one attached hydrogen (secondary N) is 3. The van der Waals surface area contributed by atoms with Crippen LogP contribution in [-0.2, 0) is 14.8 Å². The van der Waals surface area contributed by atoms with Crippen LogP contribution in [0.1, 0.15) is 141 Å². The number of hydrogen-bond acceptors (Lipinski definition) is 4. The average Bonchev–Trinajstić information content (AvgIpc) is 2.99. The molecule has 2 aromatic rings. The monoisotopic (exact) mass is 627 g/mol. The number of amides is 3. The molecular weight excluding hydrogens is 570 g/mol. The molecule has 0 fully saturated rings. The van der Waals surface area contributed by atoms with Crippen molar-refractivity contribution in [2.24, 2.45) is 0 Å². The average molecular weight is 628 g/mol. The van der Waals surface area contributed by atoms with E-state index in [2.05, 4.69) is 17.6 Å². The number of carbonyl (C=O) groups excluding carboxylic acids is 2. The van der Waals surface area contributed by atoms with Crippen LogP contribution in [0.25, 0.3) is 0 Å². The molecule has 44 heavy (non-hydrogen) atoms. The summed E-state index contributed by atoms with van der Waals surface area (Å²) in [5.74, 6) is -0.0281. The van der Waals surface area contributed by atoms with Gasteiger partial charge in [-0.25, -0.2) is 17.9 Å². The van der Waals surface area contributed by atoms with Gasteiger partial charge in [0.25, 0.3) is 10.0 Å². The number of urea groups is 1. The van der Waals surface area contributed by atoms with Crippen molar-refractivity contribution in [3.8, 4) is 0 Å². The molecule has 8 heteroatoms. The summed E-state index contributed by atoms with van der Waals surface area (Å²) in [6, 6.07) is 12.0. The second-order valence-electron chi connectivity index (χ2n) is 12.1. The molecule has 3 amide bonds. The van der Waals surface area contributed by atoms with Crippen molar-refractivity contribution < 1.29 is 18.0 Å². The number of carbonyl (C=O) groups is 2. The lowest BCUT2D eigenvalue weighted by Gasteiger charge is -2.10. The number of sulfonamides is 1. The predicted octanol–water partition coefficient (Wildman–Crippen LogP) is 10.3. The van der Waals surface area contributed by atoms with Crippen molar-refractivity contribution in [1.82, 2.24) is 4.72 Å². The van der Waals surface area contributed by atoms with Crippen molar-refractivity contribution in [2.45, 2.75) is 147 Å². The zero-order chi connectivity index (χ0) is 31.9. The fourth-order valence-corrected chi connectivity index (χ4v) is 6.19. The summed E-state index contributed by atoms with van der Waals surface area (Å²) in [6.07, 6.45) is 25.7. The molecule has 0 aromatic heterocycles. The van der Waals surface area contributed by atoms with Crippen molar-refractivity contribution in [3.63, 3.8) is 0 Å². The van der Waals surface area contributed by atoms with Crippen molar-refractivity contribution >= 4 is 33.3 Å². The first kappa shape index (κ1) is 37.3. The largest absolute Gasteiger partial charge is 0.333 e. The zero-order valence-electron chi connectivity index (χ0n) is 27.3. The third-order valence-electron chi connectivity index (χ3n) is 7.99. The van der Waals surface area contributed by atoms with Gasteiger partial charge in [-0.1, -0.05) is 140 Å². The molecule has 3 N–H and O–H groups in total. The molecule has 2 rings (SSSR count). The Morgan fingerprint density at radius 1 is 0.545 bits per heavy atom. The molecular formula is C36H57N3O4S. The van der Waals surface area contributed by atoms with Gasteiger partial charge in [-0.15, -0.1) is 0 Å². The molecule has 0 radical (unpaired) electrons. The third-order valence-corrected chi connectivity index (χ3v) is 9.34. The molecule has 0 aliphatic rings. The molecule has 0 aliphatic carbocycles. The quantitative estimate of drug-likeness (QED) is 0.101. The summed E-state index contributed by atoms with van der Waals surface area (Å²) in [5, 5.41) is 5.39. The van der Waals surface area contributed by atoms with E-state index in [4.69, 9.17) is 0 Å². The Morgan fingerprint density at radius 3 is 1.36 bits per heavy atom. The Hall–Kier alpha value is -2.87. The van der Waals surface area contributed by atoms with Crippen LogP contribution < -0.4 is 15.4 Å². The highest BCUT2D eigenvalue weighted by atomic mass is 32.2. The van der Waals surface area contributed by atoms with Crippen LogP contribution in [0.3, 0.4) is 0 Å². The molecule has 246 valence electrons. The predicted molar refractivity (Wildman–Crippen MR) is 184 cm³/mol. The summed E-state index contributed by atoms with van der Waals surface area (Å²) in [7, 11) is -3.97. The minimum Gasteiger partial charge on any atom is -0.326 e. The molecule has 0 bridgehead atoms. The van der Waals surface area contributed by atoms with Gasteiger partial charge < -0.3 is 10.6 Å². The highest BCUT2D eigenvalue weighted by Crippen LogP contribution is 2.17. The minimum atomic E-state index is -3.97. The zero-order valence-corrected chi connectivity index (χ0v) is 28.1. The van der Waals surface area contributed by atoms with Crippen LogP contribution in [0, 0.1) is 6.92 Å². The van der Waals surface area contributed by atoms with Crippen LogP contribution in [0.15, 0.2) is 53.4 Å². The first-order valence-corrected chi connectivity index (χ1v) is 18.6. The van der Waals surface area contributed by atoms with Gasteiger partial charge >= 0.3 is 6.03 Å². The molecule has 0 aliphatic heterocycles. The van der Waals surface area contributed by atoms with Gasteiger partial charge in [0.2, 0.25) is 5.91 Å². The number of rotatable bonds is 24. The van der Waals surface area contributed by atoms with Gasteiger partial charge in [0, 0.05) is 17.8 Å². The molecule has 2 aromatic carbocycles. The normalized spacial score (nSPS) is 11.3. The molecule has 0 saturated heterocycles. The Morgan fingerprint density at radius 2 is 0.932 bits per heavy atom. The highest BCUT2D eigenvalue weighted by Gasteiger charge is 2.17. The maximum atomic E-state index is 12.4. The van der Waals surface area contributed by atoms with Gasteiger partial charge in [-0.3, -0.25) is 4.79 Å². The summed E-state index contributed by atoms with van der Waals surface area (Å²) >= 11 is 0. The number of aryl methyl sites for hydroxylation is 1. The number of hydrogen-bond donors (Lipinski definition) is 3. The van der Waals surface area contributed by atoms with Crippen molar-refractivity contribution in [2.75, 3.05) is 10.6 Å². The van der Waals surface area contributed by atoms with Crippen LogP contribution >= 0.6 is 0 Å². The maximum Gasteiger partial charge on any atom is 0.333 e. The lowest BCUT2D eigenvalue weighted by Crippen LogP contribution is -2.34. The van der Waals surface area contributed by atoms with Gasteiger partial charge in [0.1, 0.15) is 0 Å². The Labute approximate surface area is 267 Å². The molecule has 0 atom stereocenters. The maximum absolute atomic E-state index is 12.4. The van der Waals surface area contributed by atoms with E-state index in [-0.39, 0.29) is 10.8 Å². The highest BCUT2D eigenvalue weighted by molar-refractivity contribution is 7.90. The van der Waals surface area contributed by atoms with E-state index < -0.39 is 16.1 Å². The van der Waals surface area contributed by atoms with E-state index in [1.165, 1.54) is 121 Å². The van der Waals surface area contributed by atoms with E-state index in [1.54, 1.807) is 36.4 Å². The van der Waals surface area contributed by atoms with E-state index >= 15 is 0 Å². The summed E-state index contributed by atoms with van der Waals surface area (Å²) < 4.78 is 26.8. The van der Waals surface area contributed by atoms with E-state index in [1.807, 2.05) is 11.6 Å². The number of benzene rings is 2.